The van der Waals surface area contributed by atoms with E-state index in [4.69, 9.17) is 4.74 Å². The van der Waals surface area contributed by atoms with E-state index in [1.54, 1.807) is 6.92 Å². The van der Waals surface area contributed by atoms with Crippen LogP contribution in [0.4, 0.5) is 0 Å². The predicted octanol–water partition coefficient (Wildman–Crippen LogP) is 2.13. The molecule has 1 fully saturated rings. The zero-order chi connectivity index (χ0) is 11.6. The van der Waals surface area contributed by atoms with Gasteiger partial charge >= 0.3 is 5.97 Å². The van der Waals surface area contributed by atoms with Crippen LogP contribution in [-0.2, 0) is 9.53 Å². The van der Waals surface area contributed by atoms with Gasteiger partial charge < -0.3 is 9.84 Å². The third kappa shape index (κ3) is 3.20. The van der Waals surface area contributed by atoms with Crippen LogP contribution in [0, 0.1) is 11.8 Å². The largest absolute Gasteiger partial charge is 0.459 e. The van der Waals surface area contributed by atoms with Crippen LogP contribution in [0.1, 0.15) is 47.0 Å². The van der Waals surface area contributed by atoms with Crippen molar-refractivity contribution in [3.8, 4) is 0 Å². The fraction of sp³-hybridized carbons (Fsp3) is 0.917. The van der Waals surface area contributed by atoms with Crippen LogP contribution in [0.3, 0.4) is 0 Å². The quantitative estimate of drug-likeness (QED) is 0.716. The van der Waals surface area contributed by atoms with Gasteiger partial charge in [0.25, 0.3) is 0 Å². The van der Waals surface area contributed by atoms with E-state index in [2.05, 4.69) is 13.8 Å². The van der Waals surface area contributed by atoms with Gasteiger partial charge in [-0.05, 0) is 38.0 Å². The Bertz CT molecular complexity index is 233. The topological polar surface area (TPSA) is 46.5 Å². The second kappa shape index (κ2) is 4.52. The van der Waals surface area contributed by atoms with Crippen molar-refractivity contribution < 1.29 is 14.6 Å². The lowest BCUT2D eigenvalue weighted by molar-refractivity contribution is -0.170. The first-order valence-corrected chi connectivity index (χ1v) is 5.72. The number of hydrogen-bond donors (Lipinski definition) is 1. The number of rotatable bonds is 2. The minimum absolute atomic E-state index is 0.301. The molecule has 0 bridgehead atoms. The lowest BCUT2D eigenvalue weighted by atomic mass is 9.73. The summed E-state index contributed by atoms with van der Waals surface area (Å²) in [6.07, 6.45) is 2.18. The SMILES string of the molecule is CC(=O)OC1CC(C(C)C)CCC1(C)O. The molecule has 0 aromatic heterocycles. The van der Waals surface area contributed by atoms with E-state index in [0.29, 0.717) is 18.3 Å². The van der Waals surface area contributed by atoms with E-state index < -0.39 is 5.60 Å². The Morgan fingerprint density at radius 1 is 1.53 bits per heavy atom. The van der Waals surface area contributed by atoms with Crippen LogP contribution in [0.5, 0.6) is 0 Å². The molecule has 0 spiro atoms. The van der Waals surface area contributed by atoms with Gasteiger partial charge in [0.15, 0.2) is 0 Å². The van der Waals surface area contributed by atoms with Gasteiger partial charge in [0, 0.05) is 6.92 Å². The van der Waals surface area contributed by atoms with Crippen molar-refractivity contribution >= 4 is 5.97 Å². The summed E-state index contributed by atoms with van der Waals surface area (Å²) in [5.74, 6) is 0.832. The molecular formula is C12H22O3. The molecule has 3 unspecified atom stereocenters. The lowest BCUT2D eigenvalue weighted by Gasteiger charge is -2.41. The Labute approximate surface area is 91.8 Å². The predicted molar refractivity (Wildman–Crippen MR) is 58.4 cm³/mol. The molecule has 3 nitrogen and oxygen atoms in total. The highest BCUT2D eigenvalue weighted by Gasteiger charge is 2.41. The summed E-state index contributed by atoms with van der Waals surface area (Å²) in [5, 5.41) is 10.1. The molecule has 0 heterocycles. The second-order valence-corrected chi connectivity index (χ2v) is 5.23. The molecule has 0 radical (unpaired) electrons. The summed E-state index contributed by atoms with van der Waals surface area (Å²) in [7, 11) is 0. The van der Waals surface area contributed by atoms with Crippen molar-refractivity contribution in [2.45, 2.75) is 58.7 Å². The average molecular weight is 214 g/mol. The van der Waals surface area contributed by atoms with Gasteiger partial charge in [-0.1, -0.05) is 13.8 Å². The molecule has 1 aliphatic carbocycles. The molecule has 1 saturated carbocycles. The molecule has 0 aromatic rings. The maximum absolute atomic E-state index is 10.9. The Morgan fingerprint density at radius 2 is 2.13 bits per heavy atom. The van der Waals surface area contributed by atoms with Gasteiger partial charge in [0.05, 0.1) is 5.60 Å². The van der Waals surface area contributed by atoms with E-state index in [-0.39, 0.29) is 12.1 Å². The van der Waals surface area contributed by atoms with Gasteiger partial charge in [-0.25, -0.2) is 0 Å². The second-order valence-electron chi connectivity index (χ2n) is 5.23. The minimum Gasteiger partial charge on any atom is -0.459 e. The van der Waals surface area contributed by atoms with E-state index in [1.165, 1.54) is 6.92 Å². The number of ether oxygens (including phenoxy) is 1. The average Bonchev–Trinajstić information content (AvgIpc) is 2.07. The summed E-state index contributed by atoms with van der Waals surface area (Å²) in [4.78, 5) is 10.9. The van der Waals surface area contributed by atoms with Crippen LogP contribution in [0.15, 0.2) is 0 Å². The smallest absolute Gasteiger partial charge is 0.303 e. The summed E-state index contributed by atoms with van der Waals surface area (Å²) in [6, 6.07) is 0. The Morgan fingerprint density at radius 3 is 2.60 bits per heavy atom. The number of esters is 1. The molecule has 0 aromatic carbocycles. The highest BCUT2D eigenvalue weighted by atomic mass is 16.6. The molecule has 1 N–H and O–H groups in total. The molecule has 3 heteroatoms. The summed E-state index contributed by atoms with van der Waals surface area (Å²) < 4.78 is 5.20. The standard InChI is InChI=1S/C12H22O3/c1-8(2)10-5-6-12(4,14)11(7-10)15-9(3)13/h8,10-11,14H,5-7H2,1-4H3. The third-order valence-electron chi connectivity index (χ3n) is 3.48. The highest BCUT2D eigenvalue weighted by molar-refractivity contribution is 5.66. The first-order chi connectivity index (χ1) is 6.83. The monoisotopic (exact) mass is 214 g/mol. The lowest BCUT2D eigenvalue weighted by Crippen LogP contribution is -2.47. The molecular weight excluding hydrogens is 192 g/mol. The molecule has 88 valence electrons. The van der Waals surface area contributed by atoms with Crippen LogP contribution in [0.2, 0.25) is 0 Å². The molecule has 15 heavy (non-hydrogen) atoms. The van der Waals surface area contributed by atoms with Gasteiger partial charge in [0.2, 0.25) is 0 Å². The minimum atomic E-state index is -0.850. The third-order valence-corrected chi connectivity index (χ3v) is 3.48. The Hall–Kier alpha value is -0.570. The van der Waals surface area contributed by atoms with Gasteiger partial charge in [-0.15, -0.1) is 0 Å². The van der Waals surface area contributed by atoms with Crippen molar-refractivity contribution in [1.82, 2.24) is 0 Å². The Balaban J connectivity index is 2.66. The summed E-state index contributed by atoms with van der Waals surface area (Å²) in [5.41, 5.74) is -0.850. The molecule has 1 rings (SSSR count). The summed E-state index contributed by atoms with van der Waals surface area (Å²) in [6.45, 7) is 7.51. The fourth-order valence-corrected chi connectivity index (χ4v) is 2.27. The van der Waals surface area contributed by atoms with Crippen molar-refractivity contribution in [2.24, 2.45) is 11.8 Å². The van der Waals surface area contributed by atoms with Gasteiger partial charge in [-0.2, -0.15) is 0 Å². The van der Waals surface area contributed by atoms with Crippen molar-refractivity contribution in [3.63, 3.8) is 0 Å². The van der Waals surface area contributed by atoms with Crippen LogP contribution in [0.25, 0.3) is 0 Å². The van der Waals surface area contributed by atoms with Crippen molar-refractivity contribution in [1.29, 1.82) is 0 Å². The normalized spacial score (nSPS) is 36.7. The van der Waals surface area contributed by atoms with Gasteiger partial charge in [0.1, 0.15) is 6.10 Å². The zero-order valence-corrected chi connectivity index (χ0v) is 10.1. The summed E-state index contributed by atoms with van der Waals surface area (Å²) >= 11 is 0. The van der Waals surface area contributed by atoms with Crippen LogP contribution >= 0.6 is 0 Å². The maximum Gasteiger partial charge on any atom is 0.303 e. The number of hydrogen-bond acceptors (Lipinski definition) is 3. The number of carbonyl (C=O) groups excluding carboxylic acids is 1. The fourth-order valence-electron chi connectivity index (χ4n) is 2.27. The van der Waals surface area contributed by atoms with Crippen molar-refractivity contribution in [2.75, 3.05) is 0 Å². The first kappa shape index (κ1) is 12.5. The molecule has 3 atom stereocenters. The molecule has 1 aliphatic rings. The van der Waals surface area contributed by atoms with E-state index in [9.17, 15) is 9.90 Å². The number of aliphatic hydroxyl groups is 1. The van der Waals surface area contributed by atoms with Crippen LogP contribution in [-0.4, -0.2) is 22.8 Å². The van der Waals surface area contributed by atoms with Gasteiger partial charge in [-0.3, -0.25) is 4.79 Å². The maximum atomic E-state index is 10.9. The Kier molecular flexibility index (Phi) is 3.77. The number of carbonyl (C=O) groups is 1. The molecule has 0 amide bonds. The van der Waals surface area contributed by atoms with Crippen LogP contribution < -0.4 is 0 Å². The zero-order valence-electron chi connectivity index (χ0n) is 10.1. The highest BCUT2D eigenvalue weighted by Crippen LogP contribution is 2.37. The van der Waals surface area contributed by atoms with E-state index >= 15 is 0 Å². The van der Waals surface area contributed by atoms with E-state index in [0.717, 1.165) is 12.8 Å². The molecule has 0 aliphatic heterocycles. The first-order valence-electron chi connectivity index (χ1n) is 5.72. The molecule has 0 saturated heterocycles. The van der Waals surface area contributed by atoms with E-state index in [1.807, 2.05) is 0 Å². The van der Waals surface area contributed by atoms with Crippen molar-refractivity contribution in [3.05, 3.63) is 0 Å².